The number of nitrogens with one attached hydrogen (secondary N) is 3. The van der Waals surface area contributed by atoms with Crippen LogP contribution in [0.2, 0.25) is 0 Å². The number of hydrogen-bond acceptors (Lipinski definition) is 6. The van der Waals surface area contributed by atoms with Gasteiger partial charge in [0.15, 0.2) is 0 Å². The number of amides is 2. The van der Waals surface area contributed by atoms with Crippen molar-refractivity contribution in [1.29, 1.82) is 0 Å². The molecule has 0 fully saturated rings. The molecule has 1 atom stereocenters. The van der Waals surface area contributed by atoms with Crippen molar-refractivity contribution >= 4 is 33.2 Å². The minimum Gasteiger partial charge on any atom is -0.497 e. The fourth-order valence-corrected chi connectivity index (χ4v) is 5.17. The maximum Gasteiger partial charge on any atom is 0.242 e. The van der Waals surface area contributed by atoms with Gasteiger partial charge < -0.3 is 20.1 Å². The second kappa shape index (κ2) is 10.8. The summed E-state index contributed by atoms with van der Waals surface area (Å²) < 4.78 is 39.7. The van der Waals surface area contributed by atoms with Crippen LogP contribution in [0.4, 0.5) is 11.4 Å². The number of ether oxygens (including phenoxy) is 2. The van der Waals surface area contributed by atoms with Crippen LogP contribution in [0.5, 0.6) is 11.5 Å². The van der Waals surface area contributed by atoms with Crippen molar-refractivity contribution in [3.05, 3.63) is 77.9 Å². The normalized spacial score (nSPS) is 13.8. The molecule has 9 nitrogen and oxygen atoms in total. The van der Waals surface area contributed by atoms with E-state index < -0.39 is 22.0 Å². The minimum absolute atomic E-state index is 0.0197. The topological polar surface area (TPSA) is 123 Å². The highest BCUT2D eigenvalue weighted by molar-refractivity contribution is 7.89. The molecule has 4 rings (SSSR count). The lowest BCUT2D eigenvalue weighted by atomic mass is 10.0. The molecule has 0 saturated carbocycles. The van der Waals surface area contributed by atoms with Crippen molar-refractivity contribution in [2.75, 3.05) is 24.9 Å². The Balaban J connectivity index is 1.61. The molecular weight excluding hydrogens is 482 g/mol. The number of anilines is 2. The van der Waals surface area contributed by atoms with Crippen LogP contribution in [0.15, 0.2) is 71.6 Å². The number of carbonyl (C=O) groups is 2. The van der Waals surface area contributed by atoms with Crippen molar-refractivity contribution in [2.45, 2.75) is 30.2 Å². The molecule has 2 amide bonds. The third kappa shape index (κ3) is 6.02. The molecule has 0 aliphatic carbocycles. The summed E-state index contributed by atoms with van der Waals surface area (Å²) in [5, 5.41) is 5.50. The first-order valence-electron chi connectivity index (χ1n) is 11.3. The summed E-state index contributed by atoms with van der Waals surface area (Å²) in [7, 11) is -1.07. The van der Waals surface area contributed by atoms with Gasteiger partial charge in [0.25, 0.3) is 0 Å². The van der Waals surface area contributed by atoms with Gasteiger partial charge in [-0.15, -0.1) is 0 Å². The Labute approximate surface area is 209 Å². The molecule has 188 valence electrons. The highest BCUT2D eigenvalue weighted by Crippen LogP contribution is 2.27. The summed E-state index contributed by atoms with van der Waals surface area (Å²) in [5.74, 6) is 0.310. The lowest BCUT2D eigenvalue weighted by molar-refractivity contribution is -0.118. The van der Waals surface area contributed by atoms with E-state index in [1.165, 1.54) is 26.4 Å². The average molecular weight is 510 g/mol. The SMILES string of the molecule is COc1cc(NC(=O)[C@H](Cc2ccccc2)NS(=O)(=O)c2ccc3c(c2)CCC(=O)N3)cc(OC)c1. The Morgan fingerprint density at radius 2 is 1.67 bits per heavy atom. The van der Waals surface area contributed by atoms with Gasteiger partial charge in [-0.1, -0.05) is 30.3 Å². The van der Waals surface area contributed by atoms with Crippen LogP contribution in [0.25, 0.3) is 0 Å². The number of fused-ring (bicyclic) bond motifs is 1. The number of hydrogen-bond donors (Lipinski definition) is 3. The van der Waals surface area contributed by atoms with Gasteiger partial charge in [0.05, 0.1) is 19.1 Å². The Kier molecular flexibility index (Phi) is 7.56. The number of aryl methyl sites for hydroxylation is 1. The number of methoxy groups -OCH3 is 2. The minimum atomic E-state index is -4.06. The van der Waals surface area contributed by atoms with Crippen LogP contribution in [-0.4, -0.2) is 40.5 Å². The quantitative estimate of drug-likeness (QED) is 0.407. The largest absolute Gasteiger partial charge is 0.497 e. The summed E-state index contributed by atoms with van der Waals surface area (Å²) in [6, 6.07) is 17.4. The second-order valence-electron chi connectivity index (χ2n) is 8.32. The van der Waals surface area contributed by atoms with Gasteiger partial charge in [-0.2, -0.15) is 4.72 Å². The molecular formula is C26H27N3O6S. The summed E-state index contributed by atoms with van der Waals surface area (Å²) >= 11 is 0. The molecule has 0 spiro atoms. The third-order valence-electron chi connectivity index (χ3n) is 5.80. The van der Waals surface area contributed by atoms with Crippen molar-refractivity contribution in [3.63, 3.8) is 0 Å². The van der Waals surface area contributed by atoms with Crippen molar-refractivity contribution in [3.8, 4) is 11.5 Å². The second-order valence-corrected chi connectivity index (χ2v) is 10.0. The maximum absolute atomic E-state index is 13.3. The van der Waals surface area contributed by atoms with Crippen LogP contribution >= 0.6 is 0 Å². The molecule has 0 unspecified atom stereocenters. The smallest absolute Gasteiger partial charge is 0.242 e. The van der Waals surface area contributed by atoms with E-state index in [-0.39, 0.29) is 23.6 Å². The van der Waals surface area contributed by atoms with Gasteiger partial charge in [-0.05, 0) is 42.2 Å². The number of sulfonamides is 1. The molecule has 0 aromatic heterocycles. The van der Waals surface area contributed by atoms with E-state index in [1.54, 1.807) is 24.3 Å². The Morgan fingerprint density at radius 1 is 0.972 bits per heavy atom. The van der Waals surface area contributed by atoms with Gasteiger partial charge >= 0.3 is 0 Å². The Bertz CT molecular complexity index is 1350. The van der Waals surface area contributed by atoms with E-state index in [9.17, 15) is 18.0 Å². The van der Waals surface area contributed by atoms with Crippen molar-refractivity contribution in [1.82, 2.24) is 4.72 Å². The van der Waals surface area contributed by atoms with Gasteiger partial charge in [0, 0.05) is 36.0 Å². The van der Waals surface area contributed by atoms with E-state index >= 15 is 0 Å². The number of carbonyl (C=O) groups excluding carboxylic acids is 2. The summed E-state index contributed by atoms with van der Waals surface area (Å²) in [6.07, 6.45) is 0.858. The molecule has 10 heteroatoms. The van der Waals surface area contributed by atoms with E-state index in [0.29, 0.717) is 29.3 Å². The first kappa shape index (κ1) is 25.2. The monoisotopic (exact) mass is 509 g/mol. The lowest BCUT2D eigenvalue weighted by Crippen LogP contribution is -2.45. The molecule has 1 aliphatic heterocycles. The van der Waals surface area contributed by atoms with Crippen molar-refractivity contribution in [2.24, 2.45) is 0 Å². The molecule has 3 aromatic rings. The van der Waals surface area contributed by atoms with Gasteiger partial charge in [-0.3, -0.25) is 9.59 Å². The van der Waals surface area contributed by atoms with Crippen LogP contribution < -0.4 is 24.8 Å². The van der Waals surface area contributed by atoms with Crippen molar-refractivity contribution < 1.29 is 27.5 Å². The zero-order valence-electron chi connectivity index (χ0n) is 19.9. The molecule has 3 aromatic carbocycles. The zero-order chi connectivity index (χ0) is 25.7. The molecule has 1 aliphatic rings. The lowest BCUT2D eigenvalue weighted by Gasteiger charge is -2.21. The number of benzene rings is 3. The molecule has 1 heterocycles. The summed E-state index contributed by atoms with van der Waals surface area (Å²) in [4.78, 5) is 25.0. The number of rotatable bonds is 9. The fourth-order valence-electron chi connectivity index (χ4n) is 3.93. The molecule has 0 bridgehead atoms. The van der Waals surface area contributed by atoms with Crippen LogP contribution in [-0.2, 0) is 32.5 Å². The predicted molar refractivity (Wildman–Crippen MR) is 136 cm³/mol. The first-order chi connectivity index (χ1) is 17.3. The molecule has 3 N–H and O–H groups in total. The maximum atomic E-state index is 13.3. The van der Waals surface area contributed by atoms with Gasteiger partial charge in [0.2, 0.25) is 21.8 Å². The van der Waals surface area contributed by atoms with Crippen LogP contribution in [0.1, 0.15) is 17.5 Å². The van der Waals surface area contributed by atoms with Crippen LogP contribution in [0.3, 0.4) is 0 Å². The average Bonchev–Trinajstić information content (AvgIpc) is 2.88. The van der Waals surface area contributed by atoms with Gasteiger partial charge in [-0.25, -0.2) is 8.42 Å². The van der Waals surface area contributed by atoms with Gasteiger partial charge in [0.1, 0.15) is 17.5 Å². The van der Waals surface area contributed by atoms with Crippen LogP contribution in [0, 0.1) is 0 Å². The first-order valence-corrected chi connectivity index (χ1v) is 12.8. The molecule has 0 radical (unpaired) electrons. The third-order valence-corrected chi connectivity index (χ3v) is 7.27. The standard InChI is InChI=1S/C26H27N3O6S/c1-34-20-14-19(15-21(16-20)35-2)27-26(31)24(12-17-6-4-3-5-7-17)29-36(32,33)22-9-10-23-18(13-22)8-11-25(30)28-23/h3-7,9-10,13-16,24,29H,8,11-12H2,1-2H3,(H,27,31)(H,28,30)/t24-/m0/s1. The molecule has 0 saturated heterocycles. The Hall–Kier alpha value is -3.89. The summed E-state index contributed by atoms with van der Waals surface area (Å²) in [5.41, 5.74) is 2.51. The zero-order valence-corrected chi connectivity index (χ0v) is 20.7. The molecule has 36 heavy (non-hydrogen) atoms. The Morgan fingerprint density at radius 3 is 2.33 bits per heavy atom. The van der Waals surface area contributed by atoms with E-state index in [2.05, 4.69) is 15.4 Å². The van der Waals surface area contributed by atoms with E-state index in [1.807, 2.05) is 30.3 Å². The highest BCUT2D eigenvalue weighted by atomic mass is 32.2. The van der Waals surface area contributed by atoms with E-state index in [4.69, 9.17) is 9.47 Å². The highest BCUT2D eigenvalue weighted by Gasteiger charge is 2.28. The fraction of sp³-hybridized carbons (Fsp3) is 0.231. The summed E-state index contributed by atoms with van der Waals surface area (Å²) in [6.45, 7) is 0. The van der Waals surface area contributed by atoms with E-state index in [0.717, 1.165) is 11.1 Å². The predicted octanol–water partition coefficient (Wildman–Crippen LogP) is 3.12.